The van der Waals surface area contributed by atoms with Crippen molar-refractivity contribution in [3.63, 3.8) is 0 Å². The Morgan fingerprint density at radius 2 is 2.21 bits per heavy atom. The van der Waals surface area contributed by atoms with E-state index < -0.39 is 0 Å². The minimum absolute atomic E-state index is 0.180. The first-order chi connectivity index (χ1) is 6.69. The average molecular weight is 195 g/mol. The number of hydrogen-bond donors (Lipinski definition) is 2. The zero-order valence-electron chi connectivity index (χ0n) is 8.66. The summed E-state index contributed by atoms with van der Waals surface area (Å²) < 4.78 is 5.28. The standard InChI is InChI=1S/C11H17NO2/c1-3-14-11-6-9(8(2)7-12)4-5-10(11)13/h4-6,8,13H,3,7,12H2,1-2H3. The Morgan fingerprint density at radius 1 is 1.50 bits per heavy atom. The van der Waals surface area contributed by atoms with Crippen LogP contribution in [0.2, 0.25) is 0 Å². The maximum atomic E-state index is 9.46. The fourth-order valence-electron chi connectivity index (χ4n) is 1.24. The number of aromatic hydroxyl groups is 1. The Kier molecular flexibility index (Phi) is 3.77. The molecule has 0 saturated carbocycles. The highest BCUT2D eigenvalue weighted by molar-refractivity contribution is 5.42. The molecule has 1 rings (SSSR count). The molecular formula is C11H17NO2. The molecule has 0 aliphatic carbocycles. The zero-order valence-corrected chi connectivity index (χ0v) is 8.66. The maximum Gasteiger partial charge on any atom is 0.161 e. The second-order valence-electron chi connectivity index (χ2n) is 3.30. The van der Waals surface area contributed by atoms with Crippen molar-refractivity contribution in [3.05, 3.63) is 23.8 Å². The lowest BCUT2D eigenvalue weighted by Crippen LogP contribution is -2.08. The predicted molar refractivity (Wildman–Crippen MR) is 56.7 cm³/mol. The highest BCUT2D eigenvalue weighted by atomic mass is 16.5. The minimum Gasteiger partial charge on any atom is -0.504 e. The lowest BCUT2D eigenvalue weighted by Gasteiger charge is -2.12. The van der Waals surface area contributed by atoms with E-state index in [4.69, 9.17) is 10.5 Å². The summed E-state index contributed by atoms with van der Waals surface area (Å²) in [6.45, 7) is 5.07. The van der Waals surface area contributed by atoms with Crippen LogP contribution < -0.4 is 10.5 Å². The van der Waals surface area contributed by atoms with E-state index >= 15 is 0 Å². The second-order valence-corrected chi connectivity index (χ2v) is 3.30. The lowest BCUT2D eigenvalue weighted by molar-refractivity contribution is 0.317. The Bertz CT molecular complexity index is 299. The number of phenolic OH excluding ortho intramolecular Hbond substituents is 1. The van der Waals surface area contributed by atoms with Crippen LogP contribution >= 0.6 is 0 Å². The molecule has 0 heterocycles. The van der Waals surface area contributed by atoms with E-state index in [1.165, 1.54) is 0 Å². The molecule has 0 fully saturated rings. The normalized spacial score (nSPS) is 12.5. The predicted octanol–water partition coefficient (Wildman–Crippen LogP) is 1.85. The highest BCUT2D eigenvalue weighted by Crippen LogP contribution is 2.29. The van der Waals surface area contributed by atoms with Gasteiger partial charge in [-0.3, -0.25) is 0 Å². The number of benzene rings is 1. The van der Waals surface area contributed by atoms with E-state index in [0.717, 1.165) is 5.56 Å². The molecule has 78 valence electrons. The third kappa shape index (κ3) is 2.39. The van der Waals surface area contributed by atoms with Gasteiger partial charge in [-0.2, -0.15) is 0 Å². The van der Waals surface area contributed by atoms with Gasteiger partial charge < -0.3 is 15.6 Å². The molecule has 0 aliphatic rings. The molecule has 0 aromatic heterocycles. The molecule has 14 heavy (non-hydrogen) atoms. The summed E-state index contributed by atoms with van der Waals surface area (Å²) >= 11 is 0. The fourth-order valence-corrected chi connectivity index (χ4v) is 1.24. The summed E-state index contributed by atoms with van der Waals surface area (Å²) in [5, 5.41) is 9.46. The smallest absolute Gasteiger partial charge is 0.161 e. The van der Waals surface area contributed by atoms with E-state index in [1.54, 1.807) is 6.07 Å². The van der Waals surface area contributed by atoms with E-state index in [1.807, 2.05) is 26.0 Å². The van der Waals surface area contributed by atoms with Gasteiger partial charge in [-0.15, -0.1) is 0 Å². The third-order valence-electron chi connectivity index (χ3n) is 2.21. The number of nitrogens with two attached hydrogens (primary N) is 1. The van der Waals surface area contributed by atoms with E-state index in [0.29, 0.717) is 18.9 Å². The second kappa shape index (κ2) is 4.86. The first kappa shape index (κ1) is 10.9. The molecule has 1 aromatic carbocycles. The summed E-state index contributed by atoms with van der Waals surface area (Å²) in [6, 6.07) is 5.36. The van der Waals surface area contributed by atoms with Gasteiger partial charge in [0.25, 0.3) is 0 Å². The maximum absolute atomic E-state index is 9.46. The van der Waals surface area contributed by atoms with Crippen molar-refractivity contribution < 1.29 is 9.84 Å². The average Bonchev–Trinajstić information content (AvgIpc) is 2.20. The first-order valence-electron chi connectivity index (χ1n) is 4.84. The topological polar surface area (TPSA) is 55.5 Å². The number of ether oxygens (including phenoxy) is 1. The monoisotopic (exact) mass is 195 g/mol. The summed E-state index contributed by atoms with van der Waals surface area (Å²) in [5.74, 6) is 1.000. The number of rotatable bonds is 4. The lowest BCUT2D eigenvalue weighted by atomic mass is 10.0. The van der Waals surface area contributed by atoms with Crippen LogP contribution in [-0.4, -0.2) is 18.3 Å². The summed E-state index contributed by atoms with van der Waals surface area (Å²) in [4.78, 5) is 0. The molecule has 1 aromatic rings. The SMILES string of the molecule is CCOc1cc(C(C)CN)ccc1O. The van der Waals surface area contributed by atoms with Gasteiger partial charge in [0.1, 0.15) is 0 Å². The van der Waals surface area contributed by atoms with Crippen LogP contribution in [0.1, 0.15) is 25.3 Å². The first-order valence-corrected chi connectivity index (χ1v) is 4.84. The zero-order chi connectivity index (χ0) is 10.6. The van der Waals surface area contributed by atoms with Crippen LogP contribution in [0.5, 0.6) is 11.5 Å². The molecule has 3 nitrogen and oxygen atoms in total. The molecule has 1 atom stereocenters. The van der Waals surface area contributed by atoms with Crippen molar-refractivity contribution >= 4 is 0 Å². The van der Waals surface area contributed by atoms with Crippen LogP contribution in [-0.2, 0) is 0 Å². The Labute approximate surface area is 84.5 Å². The molecule has 0 amide bonds. The molecule has 3 heteroatoms. The summed E-state index contributed by atoms with van der Waals surface area (Å²) in [7, 11) is 0. The van der Waals surface area contributed by atoms with Gasteiger partial charge in [-0.25, -0.2) is 0 Å². The van der Waals surface area contributed by atoms with Crippen molar-refractivity contribution in [2.45, 2.75) is 19.8 Å². The van der Waals surface area contributed by atoms with Crippen molar-refractivity contribution in [2.24, 2.45) is 5.73 Å². The van der Waals surface area contributed by atoms with Crippen molar-refractivity contribution in [3.8, 4) is 11.5 Å². The summed E-state index contributed by atoms with van der Waals surface area (Å²) in [5.41, 5.74) is 6.65. The Morgan fingerprint density at radius 3 is 2.79 bits per heavy atom. The minimum atomic E-state index is 0.180. The quantitative estimate of drug-likeness (QED) is 0.771. The Balaban J connectivity index is 2.93. The van der Waals surface area contributed by atoms with Gasteiger partial charge in [-0.05, 0) is 37.1 Å². The van der Waals surface area contributed by atoms with Crippen LogP contribution in [0.15, 0.2) is 18.2 Å². The van der Waals surface area contributed by atoms with Gasteiger partial charge >= 0.3 is 0 Å². The molecular weight excluding hydrogens is 178 g/mol. The van der Waals surface area contributed by atoms with Crippen LogP contribution in [0.25, 0.3) is 0 Å². The Hall–Kier alpha value is -1.22. The van der Waals surface area contributed by atoms with Gasteiger partial charge in [0.05, 0.1) is 6.61 Å². The van der Waals surface area contributed by atoms with E-state index in [-0.39, 0.29) is 11.7 Å². The summed E-state index contributed by atoms with van der Waals surface area (Å²) in [6.07, 6.45) is 0. The van der Waals surface area contributed by atoms with Crippen molar-refractivity contribution in [1.82, 2.24) is 0 Å². The molecule has 0 saturated heterocycles. The van der Waals surface area contributed by atoms with Crippen LogP contribution in [0.3, 0.4) is 0 Å². The molecule has 0 aliphatic heterocycles. The third-order valence-corrected chi connectivity index (χ3v) is 2.21. The largest absolute Gasteiger partial charge is 0.504 e. The number of phenols is 1. The highest BCUT2D eigenvalue weighted by Gasteiger charge is 2.07. The molecule has 0 bridgehead atoms. The van der Waals surface area contributed by atoms with Crippen molar-refractivity contribution in [2.75, 3.05) is 13.2 Å². The van der Waals surface area contributed by atoms with Gasteiger partial charge in [0.2, 0.25) is 0 Å². The molecule has 0 spiro atoms. The van der Waals surface area contributed by atoms with Crippen LogP contribution in [0, 0.1) is 0 Å². The van der Waals surface area contributed by atoms with E-state index in [9.17, 15) is 5.11 Å². The van der Waals surface area contributed by atoms with Gasteiger partial charge in [-0.1, -0.05) is 13.0 Å². The van der Waals surface area contributed by atoms with Crippen LogP contribution in [0.4, 0.5) is 0 Å². The fraction of sp³-hybridized carbons (Fsp3) is 0.455. The van der Waals surface area contributed by atoms with Gasteiger partial charge in [0, 0.05) is 0 Å². The molecule has 3 N–H and O–H groups in total. The van der Waals surface area contributed by atoms with E-state index in [2.05, 4.69) is 0 Å². The number of hydrogen-bond acceptors (Lipinski definition) is 3. The van der Waals surface area contributed by atoms with Gasteiger partial charge in [0.15, 0.2) is 11.5 Å². The van der Waals surface area contributed by atoms with Crippen molar-refractivity contribution in [1.29, 1.82) is 0 Å². The molecule has 0 radical (unpaired) electrons. The molecule has 1 unspecified atom stereocenters.